The van der Waals surface area contributed by atoms with Crippen LogP contribution in [-0.4, -0.2) is 33.4 Å². The van der Waals surface area contributed by atoms with E-state index in [4.69, 9.17) is 0 Å². The van der Waals surface area contributed by atoms with Crippen molar-refractivity contribution in [2.45, 2.75) is 25.3 Å². The van der Waals surface area contributed by atoms with Crippen LogP contribution in [0, 0.1) is 13.8 Å². The summed E-state index contributed by atoms with van der Waals surface area (Å²) >= 11 is 0. The Labute approximate surface area is 116 Å². The van der Waals surface area contributed by atoms with Gasteiger partial charge in [-0.15, -0.1) is 6.58 Å². The molecule has 0 radical (unpaired) electrons. The van der Waals surface area contributed by atoms with Gasteiger partial charge in [0, 0.05) is 20.1 Å². The van der Waals surface area contributed by atoms with E-state index in [2.05, 4.69) is 11.9 Å². The molecule has 0 heterocycles. The monoisotopic (exact) mass is 282 g/mol. The number of hydrogen-bond donors (Lipinski definition) is 1. The number of rotatable bonds is 6. The second kappa shape index (κ2) is 6.32. The summed E-state index contributed by atoms with van der Waals surface area (Å²) in [5, 5.41) is 3.05. The third-order valence-electron chi connectivity index (χ3n) is 3.08. The van der Waals surface area contributed by atoms with Crippen molar-refractivity contribution in [2.75, 3.05) is 20.6 Å². The average Bonchev–Trinajstić information content (AvgIpc) is 2.32. The third kappa shape index (κ3) is 3.43. The summed E-state index contributed by atoms with van der Waals surface area (Å²) in [6, 6.07) is 3.68. The molecule has 0 atom stereocenters. The first kappa shape index (κ1) is 15.9. The molecule has 0 fully saturated rings. The maximum absolute atomic E-state index is 12.5. The van der Waals surface area contributed by atoms with Crippen LogP contribution >= 0.6 is 0 Å². The SMILES string of the molecule is C=CCN(C)S(=O)(=O)c1cc(CNC)c(C)cc1C. The molecule has 1 aromatic rings. The lowest BCUT2D eigenvalue weighted by Gasteiger charge is -2.18. The van der Waals surface area contributed by atoms with Crippen LogP contribution in [0.2, 0.25) is 0 Å². The summed E-state index contributed by atoms with van der Waals surface area (Å²) in [7, 11) is -0.0470. The van der Waals surface area contributed by atoms with Gasteiger partial charge in [0.05, 0.1) is 4.90 Å². The predicted octanol–water partition coefficient (Wildman–Crippen LogP) is 1.83. The highest BCUT2D eigenvalue weighted by molar-refractivity contribution is 7.89. The fraction of sp³-hybridized carbons (Fsp3) is 0.429. The lowest BCUT2D eigenvalue weighted by Crippen LogP contribution is -2.28. The van der Waals surface area contributed by atoms with Gasteiger partial charge in [-0.05, 0) is 43.7 Å². The lowest BCUT2D eigenvalue weighted by atomic mass is 10.1. The van der Waals surface area contributed by atoms with Crippen molar-refractivity contribution in [3.05, 3.63) is 41.5 Å². The van der Waals surface area contributed by atoms with Crippen molar-refractivity contribution in [1.82, 2.24) is 9.62 Å². The zero-order valence-electron chi connectivity index (χ0n) is 12.0. The van der Waals surface area contributed by atoms with Gasteiger partial charge in [0.15, 0.2) is 0 Å². The molecule has 4 nitrogen and oxygen atoms in total. The normalized spacial score (nSPS) is 11.8. The van der Waals surface area contributed by atoms with Crippen molar-refractivity contribution in [3.63, 3.8) is 0 Å². The fourth-order valence-electron chi connectivity index (χ4n) is 1.98. The molecule has 0 saturated carbocycles. The molecule has 0 aliphatic carbocycles. The second-order valence-corrected chi connectivity index (χ2v) is 6.66. The minimum Gasteiger partial charge on any atom is -0.316 e. The summed E-state index contributed by atoms with van der Waals surface area (Å²) in [5.74, 6) is 0. The van der Waals surface area contributed by atoms with E-state index in [1.54, 1.807) is 19.2 Å². The van der Waals surface area contributed by atoms with Crippen LogP contribution in [0.4, 0.5) is 0 Å². The van der Waals surface area contributed by atoms with E-state index in [0.717, 1.165) is 16.7 Å². The van der Waals surface area contributed by atoms with Crippen LogP contribution in [0.1, 0.15) is 16.7 Å². The summed E-state index contributed by atoms with van der Waals surface area (Å²) in [6.45, 7) is 8.34. The lowest BCUT2D eigenvalue weighted by molar-refractivity contribution is 0.498. The molecule has 0 bridgehead atoms. The number of benzene rings is 1. The highest BCUT2D eigenvalue weighted by Crippen LogP contribution is 2.23. The van der Waals surface area contributed by atoms with Gasteiger partial charge in [0.25, 0.3) is 0 Å². The number of aryl methyl sites for hydroxylation is 2. The summed E-state index contributed by atoms with van der Waals surface area (Å²) in [6.07, 6.45) is 1.58. The van der Waals surface area contributed by atoms with Gasteiger partial charge in [0.1, 0.15) is 0 Å². The highest BCUT2D eigenvalue weighted by atomic mass is 32.2. The van der Waals surface area contributed by atoms with Crippen molar-refractivity contribution < 1.29 is 8.42 Å². The van der Waals surface area contributed by atoms with Crippen molar-refractivity contribution >= 4 is 10.0 Å². The third-order valence-corrected chi connectivity index (χ3v) is 5.04. The Balaban J connectivity index is 3.33. The van der Waals surface area contributed by atoms with Crippen molar-refractivity contribution in [2.24, 2.45) is 0 Å². The van der Waals surface area contributed by atoms with Crippen LogP contribution in [0.15, 0.2) is 29.7 Å². The largest absolute Gasteiger partial charge is 0.316 e. The molecule has 0 unspecified atom stereocenters. The zero-order valence-corrected chi connectivity index (χ0v) is 12.8. The quantitative estimate of drug-likeness (QED) is 0.810. The Hall–Kier alpha value is -1.17. The maximum atomic E-state index is 12.5. The summed E-state index contributed by atoms with van der Waals surface area (Å²) < 4.78 is 26.2. The number of nitrogens with zero attached hydrogens (tertiary/aromatic N) is 1. The number of hydrogen-bond acceptors (Lipinski definition) is 3. The molecular weight excluding hydrogens is 260 g/mol. The van der Waals surface area contributed by atoms with Gasteiger partial charge in [0.2, 0.25) is 10.0 Å². The molecule has 5 heteroatoms. The molecule has 19 heavy (non-hydrogen) atoms. The fourth-order valence-corrected chi connectivity index (χ4v) is 3.38. The molecule has 1 N–H and O–H groups in total. The molecule has 1 rings (SSSR count). The Bertz CT molecular complexity index is 565. The second-order valence-electron chi connectivity index (χ2n) is 4.65. The Morgan fingerprint density at radius 2 is 1.95 bits per heavy atom. The standard InChI is InChI=1S/C14H22N2O2S/c1-6-7-16(5)19(17,18)14-9-13(10-15-4)11(2)8-12(14)3/h6,8-9,15H,1,7,10H2,2-5H3. The maximum Gasteiger partial charge on any atom is 0.243 e. The van der Waals surface area contributed by atoms with E-state index >= 15 is 0 Å². The Morgan fingerprint density at radius 3 is 2.47 bits per heavy atom. The molecule has 0 amide bonds. The molecule has 0 saturated heterocycles. The van der Waals surface area contributed by atoms with Crippen LogP contribution in [0.25, 0.3) is 0 Å². The van der Waals surface area contributed by atoms with E-state index in [9.17, 15) is 8.42 Å². The van der Waals surface area contributed by atoms with Gasteiger partial charge in [-0.2, -0.15) is 4.31 Å². The number of nitrogens with one attached hydrogen (secondary N) is 1. The van der Waals surface area contributed by atoms with Crippen molar-refractivity contribution in [1.29, 1.82) is 0 Å². The summed E-state index contributed by atoms with van der Waals surface area (Å²) in [4.78, 5) is 0.368. The number of likely N-dealkylation sites (N-methyl/N-ethyl adjacent to an activating group) is 1. The van der Waals surface area contributed by atoms with E-state index < -0.39 is 10.0 Å². The number of sulfonamides is 1. The molecule has 106 valence electrons. The zero-order chi connectivity index (χ0) is 14.6. The van der Waals surface area contributed by atoms with E-state index in [-0.39, 0.29) is 0 Å². The van der Waals surface area contributed by atoms with Gasteiger partial charge in [-0.25, -0.2) is 8.42 Å². The van der Waals surface area contributed by atoms with Crippen LogP contribution < -0.4 is 5.32 Å². The topological polar surface area (TPSA) is 49.4 Å². The van der Waals surface area contributed by atoms with E-state index in [1.165, 1.54) is 4.31 Å². The Morgan fingerprint density at radius 1 is 1.32 bits per heavy atom. The molecule has 0 spiro atoms. The van der Waals surface area contributed by atoms with Gasteiger partial charge in [-0.1, -0.05) is 12.1 Å². The smallest absolute Gasteiger partial charge is 0.243 e. The molecule has 0 aromatic heterocycles. The highest BCUT2D eigenvalue weighted by Gasteiger charge is 2.22. The first-order valence-electron chi connectivity index (χ1n) is 6.16. The van der Waals surface area contributed by atoms with Gasteiger partial charge < -0.3 is 5.32 Å². The molecular formula is C14H22N2O2S. The first-order chi connectivity index (χ1) is 8.84. The molecule has 1 aromatic carbocycles. The van der Waals surface area contributed by atoms with Gasteiger partial charge >= 0.3 is 0 Å². The summed E-state index contributed by atoms with van der Waals surface area (Å²) in [5.41, 5.74) is 2.86. The van der Waals surface area contributed by atoms with E-state index in [0.29, 0.717) is 18.0 Å². The van der Waals surface area contributed by atoms with E-state index in [1.807, 2.05) is 27.0 Å². The predicted molar refractivity (Wildman–Crippen MR) is 78.7 cm³/mol. The Kier molecular flexibility index (Phi) is 5.29. The molecule has 0 aliphatic heterocycles. The van der Waals surface area contributed by atoms with Gasteiger partial charge in [-0.3, -0.25) is 0 Å². The first-order valence-corrected chi connectivity index (χ1v) is 7.60. The average molecular weight is 282 g/mol. The minimum absolute atomic E-state index is 0.303. The van der Waals surface area contributed by atoms with Crippen LogP contribution in [0.5, 0.6) is 0 Å². The van der Waals surface area contributed by atoms with Crippen molar-refractivity contribution in [3.8, 4) is 0 Å². The van der Waals surface area contributed by atoms with Crippen LogP contribution in [-0.2, 0) is 16.6 Å². The van der Waals surface area contributed by atoms with Crippen LogP contribution in [0.3, 0.4) is 0 Å². The minimum atomic E-state index is -3.46. The molecule has 0 aliphatic rings.